The first kappa shape index (κ1) is 18.1. The summed E-state index contributed by atoms with van der Waals surface area (Å²) in [5.74, 6) is 1.51. The molecule has 1 amide bonds. The zero-order valence-corrected chi connectivity index (χ0v) is 15.3. The SMILES string of the molecule is COc1ccc(N2CCN(CC(=O)Nc3ccccc3OC)CC2)cc1. The molecule has 2 aromatic carbocycles. The number of nitrogens with one attached hydrogen (secondary N) is 1. The monoisotopic (exact) mass is 355 g/mol. The van der Waals surface area contributed by atoms with Crippen LogP contribution in [-0.2, 0) is 4.79 Å². The summed E-state index contributed by atoms with van der Waals surface area (Å²) in [7, 11) is 3.27. The van der Waals surface area contributed by atoms with Crippen LogP contribution in [-0.4, -0.2) is 57.8 Å². The van der Waals surface area contributed by atoms with Crippen LogP contribution in [0.25, 0.3) is 0 Å². The van der Waals surface area contributed by atoms with Gasteiger partial charge in [0.15, 0.2) is 0 Å². The third-order valence-corrected chi connectivity index (χ3v) is 4.56. The molecule has 6 nitrogen and oxygen atoms in total. The molecule has 0 saturated carbocycles. The van der Waals surface area contributed by atoms with Crippen molar-refractivity contribution in [3.8, 4) is 11.5 Å². The largest absolute Gasteiger partial charge is 0.497 e. The Morgan fingerprint density at radius 3 is 2.31 bits per heavy atom. The van der Waals surface area contributed by atoms with Crippen LogP contribution in [0.3, 0.4) is 0 Å². The molecular formula is C20H25N3O3. The molecule has 0 aromatic heterocycles. The maximum absolute atomic E-state index is 12.3. The molecule has 1 aliphatic heterocycles. The summed E-state index contributed by atoms with van der Waals surface area (Å²) in [5.41, 5.74) is 1.89. The first-order valence-electron chi connectivity index (χ1n) is 8.74. The number of nitrogens with zero attached hydrogens (tertiary/aromatic N) is 2. The summed E-state index contributed by atoms with van der Waals surface area (Å²) in [6.07, 6.45) is 0. The van der Waals surface area contributed by atoms with Gasteiger partial charge >= 0.3 is 0 Å². The average Bonchev–Trinajstić information content (AvgIpc) is 2.69. The molecule has 0 atom stereocenters. The molecule has 1 saturated heterocycles. The predicted molar refractivity (Wildman–Crippen MR) is 103 cm³/mol. The van der Waals surface area contributed by atoms with Crippen LogP contribution >= 0.6 is 0 Å². The van der Waals surface area contributed by atoms with Gasteiger partial charge in [0.1, 0.15) is 11.5 Å². The zero-order valence-electron chi connectivity index (χ0n) is 15.3. The number of amides is 1. The topological polar surface area (TPSA) is 54.0 Å². The molecule has 0 bridgehead atoms. The number of ether oxygens (including phenoxy) is 2. The first-order chi connectivity index (χ1) is 12.7. The Balaban J connectivity index is 1.49. The normalized spacial score (nSPS) is 14.8. The van der Waals surface area contributed by atoms with Gasteiger partial charge in [0, 0.05) is 31.9 Å². The van der Waals surface area contributed by atoms with Gasteiger partial charge in [0.2, 0.25) is 5.91 Å². The maximum Gasteiger partial charge on any atom is 0.238 e. The second-order valence-corrected chi connectivity index (χ2v) is 6.21. The lowest BCUT2D eigenvalue weighted by Crippen LogP contribution is -2.48. The summed E-state index contributed by atoms with van der Waals surface area (Å²) in [5, 5.41) is 2.93. The lowest BCUT2D eigenvalue weighted by molar-refractivity contribution is -0.117. The molecule has 138 valence electrons. The van der Waals surface area contributed by atoms with Crippen molar-refractivity contribution < 1.29 is 14.3 Å². The second kappa shape index (κ2) is 8.58. The Hall–Kier alpha value is -2.73. The van der Waals surface area contributed by atoms with E-state index < -0.39 is 0 Å². The van der Waals surface area contributed by atoms with Crippen molar-refractivity contribution in [2.75, 3.05) is 57.2 Å². The number of rotatable bonds is 6. The van der Waals surface area contributed by atoms with Crippen molar-refractivity contribution >= 4 is 17.3 Å². The van der Waals surface area contributed by atoms with Gasteiger partial charge in [0.25, 0.3) is 0 Å². The van der Waals surface area contributed by atoms with Crippen LogP contribution in [0.4, 0.5) is 11.4 Å². The van der Waals surface area contributed by atoms with E-state index >= 15 is 0 Å². The van der Waals surface area contributed by atoms with Crippen LogP contribution in [0.15, 0.2) is 48.5 Å². The lowest BCUT2D eigenvalue weighted by atomic mass is 10.2. The van der Waals surface area contributed by atoms with E-state index in [2.05, 4.69) is 27.2 Å². The number of methoxy groups -OCH3 is 2. The van der Waals surface area contributed by atoms with Crippen LogP contribution in [0, 0.1) is 0 Å². The highest BCUT2D eigenvalue weighted by atomic mass is 16.5. The van der Waals surface area contributed by atoms with Gasteiger partial charge in [0.05, 0.1) is 26.5 Å². The van der Waals surface area contributed by atoms with Crippen molar-refractivity contribution in [1.29, 1.82) is 0 Å². The van der Waals surface area contributed by atoms with Gasteiger partial charge < -0.3 is 19.7 Å². The Labute approximate surface area is 154 Å². The van der Waals surface area contributed by atoms with Gasteiger partial charge in [-0.1, -0.05) is 12.1 Å². The molecule has 2 aromatic rings. The summed E-state index contributed by atoms with van der Waals surface area (Å²) >= 11 is 0. The maximum atomic E-state index is 12.3. The molecule has 1 fully saturated rings. The quantitative estimate of drug-likeness (QED) is 0.863. The number of hydrogen-bond donors (Lipinski definition) is 1. The Bertz CT molecular complexity index is 725. The fourth-order valence-corrected chi connectivity index (χ4v) is 3.10. The smallest absolute Gasteiger partial charge is 0.238 e. The van der Waals surface area contributed by atoms with Crippen LogP contribution in [0.2, 0.25) is 0 Å². The molecule has 1 N–H and O–H groups in total. The lowest BCUT2D eigenvalue weighted by Gasteiger charge is -2.35. The Kier molecular flexibility index (Phi) is 5.96. The number of carbonyl (C=O) groups is 1. The van der Waals surface area contributed by atoms with Crippen molar-refractivity contribution in [1.82, 2.24) is 4.90 Å². The summed E-state index contributed by atoms with van der Waals surface area (Å²) in [6.45, 7) is 3.88. The molecule has 0 aliphatic carbocycles. The number of benzene rings is 2. The average molecular weight is 355 g/mol. The van der Waals surface area contributed by atoms with Crippen LogP contribution in [0.5, 0.6) is 11.5 Å². The standard InChI is InChI=1S/C20H25N3O3/c1-25-17-9-7-16(8-10-17)23-13-11-22(12-14-23)15-20(24)21-18-5-3-4-6-19(18)26-2/h3-10H,11-15H2,1-2H3,(H,21,24). The zero-order chi connectivity index (χ0) is 18.4. The van der Waals surface area contributed by atoms with Gasteiger partial charge in [-0.2, -0.15) is 0 Å². The molecule has 6 heteroatoms. The minimum atomic E-state index is -0.0209. The van der Waals surface area contributed by atoms with E-state index in [0.717, 1.165) is 31.9 Å². The molecule has 26 heavy (non-hydrogen) atoms. The van der Waals surface area contributed by atoms with E-state index in [1.54, 1.807) is 14.2 Å². The minimum absolute atomic E-state index is 0.0209. The molecule has 0 spiro atoms. The Morgan fingerprint density at radius 2 is 1.65 bits per heavy atom. The summed E-state index contributed by atoms with van der Waals surface area (Å²) < 4.78 is 10.5. The van der Waals surface area contributed by atoms with Gasteiger partial charge in [-0.15, -0.1) is 0 Å². The summed E-state index contributed by atoms with van der Waals surface area (Å²) in [6, 6.07) is 15.5. The van der Waals surface area contributed by atoms with Crippen LogP contribution < -0.4 is 19.7 Å². The van der Waals surface area contributed by atoms with Gasteiger partial charge in [-0.05, 0) is 36.4 Å². The Morgan fingerprint density at radius 1 is 0.962 bits per heavy atom. The highest BCUT2D eigenvalue weighted by Crippen LogP contribution is 2.23. The first-order valence-corrected chi connectivity index (χ1v) is 8.74. The highest BCUT2D eigenvalue weighted by molar-refractivity contribution is 5.93. The van der Waals surface area contributed by atoms with E-state index in [0.29, 0.717) is 18.0 Å². The van der Waals surface area contributed by atoms with Crippen LogP contribution in [0.1, 0.15) is 0 Å². The van der Waals surface area contributed by atoms with E-state index in [-0.39, 0.29) is 5.91 Å². The molecular weight excluding hydrogens is 330 g/mol. The molecule has 3 rings (SSSR count). The van der Waals surface area contributed by atoms with E-state index in [9.17, 15) is 4.79 Å². The van der Waals surface area contributed by atoms with Gasteiger partial charge in [-0.25, -0.2) is 0 Å². The highest BCUT2D eigenvalue weighted by Gasteiger charge is 2.19. The third kappa shape index (κ3) is 4.46. The van der Waals surface area contributed by atoms with E-state index in [4.69, 9.17) is 9.47 Å². The van der Waals surface area contributed by atoms with E-state index in [1.165, 1.54) is 5.69 Å². The predicted octanol–water partition coefficient (Wildman–Crippen LogP) is 2.46. The molecule has 1 heterocycles. The molecule has 0 radical (unpaired) electrons. The number of para-hydroxylation sites is 2. The van der Waals surface area contributed by atoms with Crippen molar-refractivity contribution in [3.05, 3.63) is 48.5 Å². The minimum Gasteiger partial charge on any atom is -0.497 e. The fraction of sp³-hybridized carbons (Fsp3) is 0.350. The van der Waals surface area contributed by atoms with E-state index in [1.807, 2.05) is 36.4 Å². The molecule has 0 unspecified atom stereocenters. The number of anilines is 2. The number of piperazine rings is 1. The second-order valence-electron chi connectivity index (χ2n) is 6.21. The third-order valence-electron chi connectivity index (χ3n) is 4.56. The fourth-order valence-electron chi connectivity index (χ4n) is 3.10. The van der Waals surface area contributed by atoms with Crippen molar-refractivity contribution in [2.24, 2.45) is 0 Å². The molecule has 1 aliphatic rings. The number of hydrogen-bond acceptors (Lipinski definition) is 5. The van der Waals surface area contributed by atoms with Gasteiger partial charge in [-0.3, -0.25) is 9.69 Å². The van der Waals surface area contributed by atoms with Crippen molar-refractivity contribution in [3.63, 3.8) is 0 Å². The van der Waals surface area contributed by atoms with Crippen molar-refractivity contribution in [2.45, 2.75) is 0 Å². The summed E-state index contributed by atoms with van der Waals surface area (Å²) in [4.78, 5) is 16.8. The number of carbonyl (C=O) groups excluding carboxylic acids is 1.